The van der Waals surface area contributed by atoms with Gasteiger partial charge in [0.05, 0.1) is 30.8 Å². The minimum atomic E-state index is -2.65. The summed E-state index contributed by atoms with van der Waals surface area (Å²) in [6.45, 7) is 4.48. The first-order valence-corrected chi connectivity index (χ1v) is 10.8. The summed E-state index contributed by atoms with van der Waals surface area (Å²) in [5, 5.41) is 2.84. The fourth-order valence-corrected chi connectivity index (χ4v) is 3.94. The van der Waals surface area contributed by atoms with Crippen LogP contribution in [0.1, 0.15) is 38.3 Å². The Labute approximate surface area is 185 Å². The van der Waals surface area contributed by atoms with Gasteiger partial charge in [-0.1, -0.05) is 12.1 Å². The first-order chi connectivity index (χ1) is 15.2. The summed E-state index contributed by atoms with van der Waals surface area (Å²) < 4.78 is 51.9. The smallest absolute Gasteiger partial charge is 0.255 e. The van der Waals surface area contributed by atoms with Crippen LogP contribution < -0.4 is 19.7 Å². The van der Waals surface area contributed by atoms with Crippen molar-refractivity contribution in [3.63, 3.8) is 0 Å². The molecule has 0 aromatic heterocycles. The van der Waals surface area contributed by atoms with Gasteiger partial charge in [0, 0.05) is 32.4 Å². The van der Waals surface area contributed by atoms with Gasteiger partial charge in [0.1, 0.15) is 23.4 Å². The molecule has 2 aliphatic rings. The molecule has 5 nitrogen and oxygen atoms in total. The van der Waals surface area contributed by atoms with E-state index in [1.165, 1.54) is 13.0 Å². The van der Waals surface area contributed by atoms with Gasteiger partial charge in [0.15, 0.2) is 0 Å². The van der Waals surface area contributed by atoms with Crippen LogP contribution in [0.4, 0.5) is 18.9 Å². The van der Waals surface area contributed by atoms with Crippen LogP contribution >= 0.6 is 0 Å². The second-order valence-electron chi connectivity index (χ2n) is 8.55. The topological polar surface area (TPSA) is 50.8 Å². The normalized spacial score (nSPS) is 22.3. The quantitative estimate of drug-likeness (QED) is 0.635. The summed E-state index contributed by atoms with van der Waals surface area (Å²) in [7, 11) is 0. The molecule has 1 aliphatic carbocycles. The molecule has 2 aromatic rings. The number of nitrogens with zero attached hydrogens (tertiary/aromatic N) is 1. The highest BCUT2D eigenvalue weighted by atomic mass is 19.3. The number of anilines is 1. The lowest BCUT2D eigenvalue weighted by atomic mass is 10.1. The van der Waals surface area contributed by atoms with Crippen molar-refractivity contribution in [3.8, 4) is 11.5 Å². The monoisotopic (exact) mass is 448 g/mol. The molecule has 1 heterocycles. The minimum absolute atomic E-state index is 0.0824. The van der Waals surface area contributed by atoms with Gasteiger partial charge in [-0.25, -0.2) is 13.2 Å². The molecular formula is C24H27F3N2O3. The number of hydrogen-bond acceptors (Lipinski definition) is 4. The Kier molecular flexibility index (Phi) is 6.22. The number of alkyl halides is 2. The predicted octanol–water partition coefficient (Wildman–Crippen LogP) is 4.71. The molecule has 0 bridgehead atoms. The molecule has 1 N–H and O–H groups in total. The standard InChI is InChI=1S/C24H27F3N2O3/c1-15(28-16(2)30)17-3-5-19(6-4-17)32-21-9-10-29(13-21)23-8-7-20(11-22(23)25)31-14-18-12-24(18,26)27/h3-8,11,15,18,21H,9-10,12-14H2,1-2H3,(H,28,30). The average Bonchev–Trinajstić information content (AvgIpc) is 3.11. The third kappa shape index (κ3) is 5.29. The van der Waals surface area contributed by atoms with Crippen molar-refractivity contribution in [2.45, 2.75) is 44.8 Å². The largest absolute Gasteiger partial charge is 0.493 e. The molecule has 1 saturated carbocycles. The molecule has 172 valence electrons. The van der Waals surface area contributed by atoms with E-state index in [9.17, 15) is 18.0 Å². The summed E-state index contributed by atoms with van der Waals surface area (Å²) in [5.74, 6) is -2.97. The number of carbonyl (C=O) groups excluding carboxylic acids is 1. The molecule has 32 heavy (non-hydrogen) atoms. The SMILES string of the molecule is CC(=O)NC(C)c1ccc(OC2CCN(c3ccc(OCC4CC4(F)F)cc3F)C2)cc1. The maximum atomic E-state index is 14.6. The molecule has 3 unspecified atom stereocenters. The Morgan fingerprint density at radius 3 is 2.53 bits per heavy atom. The highest BCUT2D eigenvalue weighted by Crippen LogP contribution is 2.48. The molecule has 1 aliphatic heterocycles. The predicted molar refractivity (Wildman–Crippen MR) is 115 cm³/mol. The second kappa shape index (κ2) is 8.92. The molecule has 1 saturated heterocycles. The summed E-state index contributed by atoms with van der Waals surface area (Å²) in [5.41, 5.74) is 1.43. The maximum absolute atomic E-state index is 14.6. The molecule has 2 aromatic carbocycles. The molecular weight excluding hydrogens is 421 g/mol. The van der Waals surface area contributed by atoms with E-state index in [0.29, 0.717) is 18.8 Å². The van der Waals surface area contributed by atoms with E-state index < -0.39 is 17.7 Å². The van der Waals surface area contributed by atoms with E-state index in [1.807, 2.05) is 36.1 Å². The highest BCUT2D eigenvalue weighted by Gasteiger charge is 2.57. The Balaban J connectivity index is 1.30. The fourth-order valence-electron chi connectivity index (χ4n) is 3.94. The first kappa shape index (κ1) is 22.3. The van der Waals surface area contributed by atoms with Crippen LogP contribution in [0, 0.1) is 11.7 Å². The van der Waals surface area contributed by atoms with E-state index in [-0.39, 0.29) is 36.8 Å². The van der Waals surface area contributed by atoms with Crippen LogP contribution in [-0.2, 0) is 4.79 Å². The van der Waals surface area contributed by atoms with E-state index >= 15 is 0 Å². The Bertz CT molecular complexity index is 967. The van der Waals surface area contributed by atoms with Crippen molar-refractivity contribution in [1.82, 2.24) is 5.32 Å². The van der Waals surface area contributed by atoms with Gasteiger partial charge in [-0.05, 0) is 36.8 Å². The molecule has 3 atom stereocenters. The molecule has 4 rings (SSSR count). The summed E-state index contributed by atoms with van der Waals surface area (Å²) in [4.78, 5) is 13.1. The van der Waals surface area contributed by atoms with Crippen molar-refractivity contribution in [2.75, 3.05) is 24.6 Å². The van der Waals surface area contributed by atoms with Crippen molar-refractivity contribution in [2.24, 2.45) is 5.92 Å². The van der Waals surface area contributed by atoms with Gasteiger partial charge < -0.3 is 19.7 Å². The summed E-state index contributed by atoms with van der Waals surface area (Å²) >= 11 is 0. The summed E-state index contributed by atoms with van der Waals surface area (Å²) in [6, 6.07) is 12.0. The lowest BCUT2D eigenvalue weighted by Crippen LogP contribution is -2.25. The molecule has 8 heteroatoms. The molecule has 0 spiro atoms. The van der Waals surface area contributed by atoms with Crippen molar-refractivity contribution >= 4 is 11.6 Å². The van der Waals surface area contributed by atoms with Crippen molar-refractivity contribution in [3.05, 3.63) is 53.8 Å². The van der Waals surface area contributed by atoms with Gasteiger partial charge >= 0.3 is 0 Å². The number of amides is 1. The summed E-state index contributed by atoms with van der Waals surface area (Å²) in [6.07, 6.45) is 0.499. The lowest BCUT2D eigenvalue weighted by molar-refractivity contribution is -0.119. The Hall–Kier alpha value is -2.90. The van der Waals surface area contributed by atoms with Gasteiger partial charge in [-0.2, -0.15) is 0 Å². The number of ether oxygens (including phenoxy) is 2. The second-order valence-corrected chi connectivity index (χ2v) is 8.55. The molecule has 2 fully saturated rings. The van der Waals surface area contributed by atoms with Crippen LogP contribution in [0.5, 0.6) is 11.5 Å². The Morgan fingerprint density at radius 1 is 1.22 bits per heavy atom. The van der Waals surface area contributed by atoms with Crippen LogP contribution in [-0.4, -0.2) is 37.6 Å². The molecule has 0 radical (unpaired) electrons. The zero-order chi connectivity index (χ0) is 22.9. The number of halogens is 3. The first-order valence-electron chi connectivity index (χ1n) is 10.8. The van der Waals surface area contributed by atoms with E-state index in [4.69, 9.17) is 9.47 Å². The van der Waals surface area contributed by atoms with E-state index in [2.05, 4.69) is 5.32 Å². The van der Waals surface area contributed by atoms with Gasteiger partial charge in [0.25, 0.3) is 5.92 Å². The minimum Gasteiger partial charge on any atom is -0.493 e. The third-order valence-corrected chi connectivity index (χ3v) is 5.91. The van der Waals surface area contributed by atoms with Crippen LogP contribution in [0.3, 0.4) is 0 Å². The van der Waals surface area contributed by atoms with E-state index in [1.54, 1.807) is 12.1 Å². The number of carbonyl (C=O) groups is 1. The number of benzene rings is 2. The third-order valence-electron chi connectivity index (χ3n) is 5.91. The highest BCUT2D eigenvalue weighted by molar-refractivity contribution is 5.73. The van der Waals surface area contributed by atoms with E-state index in [0.717, 1.165) is 17.7 Å². The number of hydrogen-bond donors (Lipinski definition) is 1. The average molecular weight is 448 g/mol. The molecule has 1 amide bonds. The van der Waals surface area contributed by atoms with Crippen molar-refractivity contribution < 1.29 is 27.4 Å². The zero-order valence-electron chi connectivity index (χ0n) is 18.1. The maximum Gasteiger partial charge on any atom is 0.255 e. The number of nitrogens with one attached hydrogen (secondary N) is 1. The number of rotatable bonds is 8. The van der Waals surface area contributed by atoms with Crippen molar-refractivity contribution in [1.29, 1.82) is 0 Å². The van der Waals surface area contributed by atoms with Gasteiger partial charge in [-0.3, -0.25) is 4.79 Å². The van der Waals surface area contributed by atoms with Crippen LogP contribution in [0.2, 0.25) is 0 Å². The van der Waals surface area contributed by atoms with Gasteiger partial charge in [-0.15, -0.1) is 0 Å². The van der Waals surface area contributed by atoms with Crippen LogP contribution in [0.25, 0.3) is 0 Å². The zero-order valence-corrected chi connectivity index (χ0v) is 18.1. The van der Waals surface area contributed by atoms with Gasteiger partial charge in [0.2, 0.25) is 5.91 Å². The lowest BCUT2D eigenvalue weighted by Gasteiger charge is -2.20. The Morgan fingerprint density at radius 2 is 1.91 bits per heavy atom. The van der Waals surface area contributed by atoms with Crippen LogP contribution in [0.15, 0.2) is 42.5 Å². The fraction of sp³-hybridized carbons (Fsp3) is 0.458.